The van der Waals surface area contributed by atoms with Crippen LogP contribution in [0.1, 0.15) is 12.8 Å². The highest BCUT2D eigenvalue weighted by Gasteiger charge is 2.34. The van der Waals surface area contributed by atoms with Crippen LogP contribution in [0, 0.1) is 0 Å². The summed E-state index contributed by atoms with van der Waals surface area (Å²) in [6.07, 6.45) is 5.58. The predicted molar refractivity (Wildman–Crippen MR) is 110 cm³/mol. The number of rotatable bonds is 4. The number of aromatic hydroxyl groups is 1. The van der Waals surface area contributed by atoms with E-state index in [4.69, 9.17) is 4.74 Å². The number of hydrogen-bond acceptors (Lipinski definition) is 7. The Morgan fingerprint density at radius 1 is 1.07 bits per heavy atom. The van der Waals surface area contributed by atoms with Gasteiger partial charge in [0.15, 0.2) is 5.82 Å². The lowest BCUT2D eigenvalue weighted by Gasteiger charge is -2.43. The molecule has 8 nitrogen and oxygen atoms in total. The van der Waals surface area contributed by atoms with E-state index in [1.165, 1.54) is 0 Å². The topological polar surface area (TPSA) is 99.2 Å². The normalized spacial score (nSPS) is 23.7. The third-order valence-corrected chi connectivity index (χ3v) is 5.89. The zero-order valence-corrected chi connectivity index (χ0v) is 16.2. The lowest BCUT2D eigenvalue weighted by Crippen LogP contribution is -2.58. The maximum absolute atomic E-state index is 10.5. The fourth-order valence-corrected chi connectivity index (χ4v) is 4.30. The van der Waals surface area contributed by atoms with Crippen LogP contribution < -0.4 is 10.2 Å². The molecule has 2 unspecified atom stereocenters. The van der Waals surface area contributed by atoms with Crippen LogP contribution in [0.25, 0.3) is 22.4 Å². The van der Waals surface area contributed by atoms with E-state index in [0.717, 1.165) is 43.0 Å². The SMILES string of the molecule is CN(c1ccc(-c2ccc(-c3cn[nH]c3)cc2O)nn1)C1CC2COCC(C1)N2. The molecule has 0 aliphatic carbocycles. The number of hydrogen-bond donors (Lipinski definition) is 3. The minimum Gasteiger partial charge on any atom is -0.507 e. The number of nitrogens with one attached hydrogen (secondary N) is 2. The number of piperidine rings is 1. The maximum atomic E-state index is 10.5. The second kappa shape index (κ2) is 7.46. The number of H-pyrrole nitrogens is 1. The summed E-state index contributed by atoms with van der Waals surface area (Å²) in [7, 11) is 2.08. The van der Waals surface area contributed by atoms with Gasteiger partial charge in [0.1, 0.15) is 5.75 Å². The fourth-order valence-electron chi connectivity index (χ4n) is 4.30. The van der Waals surface area contributed by atoms with Gasteiger partial charge in [0.2, 0.25) is 0 Å². The molecule has 0 amide bonds. The minimum atomic E-state index is 0.172. The maximum Gasteiger partial charge on any atom is 0.151 e. The van der Waals surface area contributed by atoms with E-state index in [2.05, 4.69) is 37.7 Å². The minimum absolute atomic E-state index is 0.172. The van der Waals surface area contributed by atoms with Crippen molar-refractivity contribution in [1.29, 1.82) is 0 Å². The first-order valence-corrected chi connectivity index (χ1v) is 9.90. The Morgan fingerprint density at radius 3 is 2.55 bits per heavy atom. The van der Waals surface area contributed by atoms with Crippen molar-refractivity contribution in [3.8, 4) is 28.1 Å². The number of fused-ring (bicyclic) bond motifs is 2. The Morgan fingerprint density at radius 2 is 1.90 bits per heavy atom. The molecule has 29 heavy (non-hydrogen) atoms. The Balaban J connectivity index is 1.33. The Hall–Kier alpha value is -2.97. The van der Waals surface area contributed by atoms with Crippen molar-refractivity contribution in [2.75, 3.05) is 25.2 Å². The van der Waals surface area contributed by atoms with Crippen LogP contribution in [0.4, 0.5) is 5.82 Å². The zero-order chi connectivity index (χ0) is 19.8. The molecule has 1 aromatic carbocycles. The Kier molecular flexibility index (Phi) is 4.65. The Labute approximate surface area is 168 Å². The first kappa shape index (κ1) is 18.1. The molecule has 8 heteroatoms. The van der Waals surface area contributed by atoms with E-state index in [-0.39, 0.29) is 5.75 Å². The molecule has 2 bridgehead atoms. The van der Waals surface area contributed by atoms with Crippen molar-refractivity contribution < 1.29 is 9.84 Å². The largest absolute Gasteiger partial charge is 0.507 e. The number of nitrogens with zero attached hydrogens (tertiary/aromatic N) is 4. The molecule has 0 radical (unpaired) electrons. The van der Waals surface area contributed by atoms with Gasteiger partial charge in [0.25, 0.3) is 0 Å². The summed E-state index contributed by atoms with van der Waals surface area (Å²) in [4.78, 5) is 2.21. The molecular formula is C21H24N6O2. The highest BCUT2D eigenvalue weighted by Crippen LogP contribution is 2.33. The molecule has 2 saturated heterocycles. The van der Waals surface area contributed by atoms with Crippen LogP contribution in [0.3, 0.4) is 0 Å². The number of anilines is 1. The van der Waals surface area contributed by atoms with Crippen LogP contribution in [-0.2, 0) is 4.74 Å². The monoisotopic (exact) mass is 392 g/mol. The molecule has 2 aliphatic heterocycles. The van der Waals surface area contributed by atoms with Crippen molar-refractivity contribution in [1.82, 2.24) is 25.7 Å². The van der Waals surface area contributed by atoms with Crippen molar-refractivity contribution in [3.05, 3.63) is 42.7 Å². The van der Waals surface area contributed by atoms with Crippen molar-refractivity contribution in [2.45, 2.75) is 31.0 Å². The highest BCUT2D eigenvalue weighted by molar-refractivity contribution is 5.73. The van der Waals surface area contributed by atoms with E-state index in [1.807, 2.05) is 24.3 Å². The molecule has 3 aromatic rings. The summed E-state index contributed by atoms with van der Waals surface area (Å²) in [5, 5.41) is 29.7. The number of ether oxygens (including phenoxy) is 1. The van der Waals surface area contributed by atoms with Gasteiger partial charge in [-0.05, 0) is 42.7 Å². The van der Waals surface area contributed by atoms with Crippen LogP contribution in [0.5, 0.6) is 5.75 Å². The first-order valence-electron chi connectivity index (χ1n) is 9.90. The summed E-state index contributed by atoms with van der Waals surface area (Å²) in [5.74, 6) is 1.01. The number of aromatic nitrogens is 4. The number of benzene rings is 1. The summed E-state index contributed by atoms with van der Waals surface area (Å²) < 4.78 is 5.64. The number of morpholine rings is 1. The first-order chi connectivity index (χ1) is 14.2. The summed E-state index contributed by atoms with van der Waals surface area (Å²) >= 11 is 0. The summed E-state index contributed by atoms with van der Waals surface area (Å²) in [6, 6.07) is 10.6. The summed E-state index contributed by atoms with van der Waals surface area (Å²) in [5.41, 5.74) is 3.12. The molecule has 2 aliphatic rings. The summed E-state index contributed by atoms with van der Waals surface area (Å²) in [6.45, 7) is 1.55. The van der Waals surface area contributed by atoms with Crippen LogP contribution in [-0.4, -0.2) is 63.9 Å². The molecule has 150 valence electrons. The van der Waals surface area contributed by atoms with Gasteiger partial charge in [-0.15, -0.1) is 10.2 Å². The van der Waals surface area contributed by atoms with E-state index < -0.39 is 0 Å². The van der Waals surface area contributed by atoms with Gasteiger partial charge in [0.05, 0.1) is 25.1 Å². The second-order valence-corrected chi connectivity index (χ2v) is 7.83. The van der Waals surface area contributed by atoms with E-state index in [0.29, 0.717) is 29.4 Å². The van der Waals surface area contributed by atoms with Gasteiger partial charge >= 0.3 is 0 Å². The van der Waals surface area contributed by atoms with Gasteiger partial charge in [-0.25, -0.2) is 0 Å². The van der Waals surface area contributed by atoms with E-state index in [9.17, 15) is 5.11 Å². The fraction of sp³-hybridized carbons (Fsp3) is 0.381. The smallest absolute Gasteiger partial charge is 0.151 e. The molecule has 3 N–H and O–H groups in total. The van der Waals surface area contributed by atoms with Crippen LogP contribution in [0.2, 0.25) is 0 Å². The van der Waals surface area contributed by atoms with Gasteiger partial charge in [-0.3, -0.25) is 5.10 Å². The molecule has 4 heterocycles. The van der Waals surface area contributed by atoms with Crippen molar-refractivity contribution >= 4 is 5.82 Å². The lowest BCUT2D eigenvalue weighted by atomic mass is 9.92. The third-order valence-electron chi connectivity index (χ3n) is 5.89. The molecule has 0 saturated carbocycles. The zero-order valence-electron chi connectivity index (χ0n) is 16.2. The Bertz CT molecular complexity index is 963. The standard InChI is InChI=1S/C21H24N6O2/c1-27(17-7-15-11-29-12-16(8-17)24-15)21-5-4-19(25-26-21)18-3-2-13(6-20(18)28)14-9-22-23-10-14/h2-6,9-10,15-17,24,28H,7-8,11-12H2,1H3,(H,22,23). The van der Waals surface area contributed by atoms with Gasteiger partial charge in [-0.1, -0.05) is 6.07 Å². The van der Waals surface area contributed by atoms with Crippen molar-refractivity contribution in [2.24, 2.45) is 0 Å². The number of phenolic OH excluding ortho intramolecular Hbond substituents is 1. The predicted octanol–water partition coefficient (Wildman–Crippen LogP) is 2.19. The van der Waals surface area contributed by atoms with E-state index >= 15 is 0 Å². The molecule has 2 fully saturated rings. The number of aromatic amines is 1. The molecule has 2 atom stereocenters. The number of phenols is 1. The van der Waals surface area contributed by atoms with Gasteiger partial charge in [-0.2, -0.15) is 5.10 Å². The average molecular weight is 392 g/mol. The van der Waals surface area contributed by atoms with Crippen LogP contribution in [0.15, 0.2) is 42.7 Å². The quantitative estimate of drug-likeness (QED) is 0.626. The van der Waals surface area contributed by atoms with Gasteiger partial charge < -0.3 is 20.1 Å². The van der Waals surface area contributed by atoms with Crippen molar-refractivity contribution in [3.63, 3.8) is 0 Å². The van der Waals surface area contributed by atoms with Gasteiger partial charge in [0, 0.05) is 42.5 Å². The molecular weight excluding hydrogens is 368 g/mol. The molecule has 2 aromatic heterocycles. The molecule has 5 rings (SSSR count). The highest BCUT2D eigenvalue weighted by atomic mass is 16.5. The second-order valence-electron chi connectivity index (χ2n) is 7.83. The average Bonchev–Trinajstić information content (AvgIpc) is 3.28. The third kappa shape index (κ3) is 3.56. The van der Waals surface area contributed by atoms with Crippen LogP contribution >= 0.6 is 0 Å². The van der Waals surface area contributed by atoms with E-state index in [1.54, 1.807) is 18.5 Å². The lowest BCUT2D eigenvalue weighted by molar-refractivity contribution is 0.0183. The molecule has 0 spiro atoms.